The zero-order valence-electron chi connectivity index (χ0n) is 6.55. The summed E-state index contributed by atoms with van der Waals surface area (Å²) >= 11 is 1.61. The van der Waals surface area contributed by atoms with Gasteiger partial charge < -0.3 is 0 Å². The molecule has 0 aliphatic rings. The average molecular weight is 177 g/mol. The van der Waals surface area contributed by atoms with Crippen LogP contribution < -0.4 is 4.68 Å². The van der Waals surface area contributed by atoms with Crippen molar-refractivity contribution in [1.29, 1.82) is 0 Å². The molecule has 0 fully saturated rings. The molecule has 1 aromatic carbocycles. The van der Waals surface area contributed by atoms with Crippen LogP contribution in [0.3, 0.4) is 0 Å². The van der Waals surface area contributed by atoms with E-state index in [0.29, 0.717) is 0 Å². The van der Waals surface area contributed by atoms with Crippen LogP contribution in [-0.4, -0.2) is 5.10 Å². The van der Waals surface area contributed by atoms with Crippen LogP contribution in [0, 0.1) is 0 Å². The maximum Gasteiger partial charge on any atom is 0.253 e. The first-order valence-corrected chi connectivity index (χ1v) is 4.71. The van der Waals surface area contributed by atoms with Crippen molar-refractivity contribution in [2.75, 3.05) is 0 Å². The van der Waals surface area contributed by atoms with Gasteiger partial charge in [0.1, 0.15) is 0 Å². The van der Waals surface area contributed by atoms with E-state index in [4.69, 9.17) is 0 Å². The lowest BCUT2D eigenvalue weighted by Gasteiger charge is -1.90. The molecule has 2 rings (SSSR count). The first-order chi connectivity index (χ1) is 5.95. The maximum atomic E-state index is 4.15. The van der Waals surface area contributed by atoms with Gasteiger partial charge in [-0.05, 0) is 0 Å². The van der Waals surface area contributed by atoms with Crippen molar-refractivity contribution in [3.63, 3.8) is 0 Å². The first-order valence-electron chi connectivity index (χ1n) is 3.77. The van der Waals surface area contributed by atoms with E-state index in [2.05, 4.69) is 17.2 Å². The Morgan fingerprint density at radius 3 is 2.75 bits per heavy atom. The Bertz CT molecular complexity index is 329. The molecule has 0 unspecified atom stereocenters. The summed E-state index contributed by atoms with van der Waals surface area (Å²) in [5.74, 6) is 0. The molecule has 12 heavy (non-hydrogen) atoms. The molecular formula is C9H9N2S+. The van der Waals surface area contributed by atoms with Gasteiger partial charge in [-0.25, -0.2) is 0 Å². The maximum absolute atomic E-state index is 4.15. The van der Waals surface area contributed by atoms with Crippen molar-refractivity contribution in [3.8, 4) is 0 Å². The van der Waals surface area contributed by atoms with Crippen molar-refractivity contribution >= 4 is 11.3 Å². The van der Waals surface area contributed by atoms with E-state index in [1.165, 1.54) is 5.56 Å². The summed E-state index contributed by atoms with van der Waals surface area (Å²) in [7, 11) is 0. The fourth-order valence-electron chi connectivity index (χ4n) is 1.06. The fraction of sp³-hybridized carbons (Fsp3) is 0.111. The van der Waals surface area contributed by atoms with Crippen LogP contribution in [0.1, 0.15) is 5.56 Å². The van der Waals surface area contributed by atoms with Crippen LogP contribution >= 0.6 is 11.3 Å². The predicted octanol–water partition coefficient (Wildman–Crippen LogP) is 1.48. The second kappa shape index (κ2) is 3.45. The summed E-state index contributed by atoms with van der Waals surface area (Å²) in [6.07, 6.45) is 0. The number of nitrogens with zero attached hydrogens (tertiary/aromatic N) is 2. The van der Waals surface area contributed by atoms with Gasteiger partial charge in [-0.3, -0.25) is 0 Å². The van der Waals surface area contributed by atoms with E-state index in [1.807, 2.05) is 33.9 Å². The van der Waals surface area contributed by atoms with Crippen molar-refractivity contribution in [2.45, 2.75) is 6.54 Å². The third kappa shape index (κ3) is 1.68. The molecule has 0 saturated carbocycles. The summed E-state index contributed by atoms with van der Waals surface area (Å²) in [6, 6.07) is 10.3. The molecule has 0 bridgehead atoms. The van der Waals surface area contributed by atoms with Gasteiger partial charge >= 0.3 is 0 Å². The largest absolute Gasteiger partial charge is 0.253 e. The Labute approximate surface area is 75.1 Å². The van der Waals surface area contributed by atoms with Crippen LogP contribution in [0.5, 0.6) is 0 Å². The lowest BCUT2D eigenvalue weighted by molar-refractivity contribution is -0.740. The SMILES string of the molecule is c1ccc(C[n+]2cscn2)cc1. The van der Waals surface area contributed by atoms with E-state index < -0.39 is 0 Å². The number of hydrogen-bond donors (Lipinski definition) is 0. The molecule has 0 amide bonds. The van der Waals surface area contributed by atoms with Gasteiger partial charge in [0, 0.05) is 10.7 Å². The summed E-state index contributed by atoms with van der Waals surface area (Å²) < 4.78 is 1.93. The zero-order chi connectivity index (χ0) is 8.23. The molecule has 0 spiro atoms. The Kier molecular flexibility index (Phi) is 2.14. The Morgan fingerprint density at radius 2 is 2.08 bits per heavy atom. The fourth-order valence-corrected chi connectivity index (χ4v) is 1.56. The number of rotatable bonds is 2. The first kappa shape index (κ1) is 7.43. The van der Waals surface area contributed by atoms with E-state index in [1.54, 1.807) is 11.3 Å². The van der Waals surface area contributed by atoms with E-state index in [-0.39, 0.29) is 0 Å². The number of aromatic nitrogens is 2. The molecule has 0 N–H and O–H groups in total. The van der Waals surface area contributed by atoms with Gasteiger partial charge in [0.15, 0.2) is 5.51 Å². The topological polar surface area (TPSA) is 16.8 Å². The minimum absolute atomic E-state index is 0.865. The molecule has 1 aromatic heterocycles. The molecule has 1 heterocycles. The molecule has 2 aromatic rings. The smallest absolute Gasteiger partial charge is 0.0761 e. The number of hydrogen-bond acceptors (Lipinski definition) is 2. The van der Waals surface area contributed by atoms with Crippen LogP contribution in [0.4, 0.5) is 0 Å². The van der Waals surface area contributed by atoms with E-state index in [9.17, 15) is 0 Å². The Hall–Kier alpha value is -1.22. The minimum atomic E-state index is 0.865. The highest BCUT2D eigenvalue weighted by molar-refractivity contribution is 7.06. The van der Waals surface area contributed by atoms with Gasteiger partial charge in [-0.2, -0.15) is 0 Å². The normalized spacial score (nSPS) is 10.0. The standard InChI is InChI=1S/C9H9N2S/c1-2-4-9(5-3-1)6-11-8-12-7-10-11/h1-5,7-8H,6H2/q+1. The molecule has 0 radical (unpaired) electrons. The van der Waals surface area contributed by atoms with Crippen LogP contribution in [0.15, 0.2) is 41.4 Å². The molecule has 60 valence electrons. The third-order valence-corrected chi connectivity index (χ3v) is 2.21. The molecular weight excluding hydrogens is 168 g/mol. The van der Waals surface area contributed by atoms with Crippen molar-refractivity contribution in [1.82, 2.24) is 5.10 Å². The van der Waals surface area contributed by atoms with Crippen LogP contribution in [0.2, 0.25) is 0 Å². The highest BCUT2D eigenvalue weighted by atomic mass is 32.1. The molecule has 0 atom stereocenters. The molecule has 0 saturated heterocycles. The van der Waals surface area contributed by atoms with E-state index >= 15 is 0 Å². The Balaban J connectivity index is 2.15. The van der Waals surface area contributed by atoms with Crippen molar-refractivity contribution < 1.29 is 4.68 Å². The number of benzene rings is 1. The van der Waals surface area contributed by atoms with Gasteiger partial charge in [-0.1, -0.05) is 46.4 Å². The van der Waals surface area contributed by atoms with E-state index in [0.717, 1.165) is 6.54 Å². The average Bonchev–Trinajstić information content (AvgIpc) is 2.59. The van der Waals surface area contributed by atoms with Crippen LogP contribution in [0.25, 0.3) is 0 Å². The highest BCUT2D eigenvalue weighted by Gasteiger charge is 2.02. The minimum Gasteiger partial charge on any atom is -0.0761 e. The molecule has 3 heteroatoms. The van der Waals surface area contributed by atoms with Crippen molar-refractivity contribution in [3.05, 3.63) is 46.9 Å². The molecule has 0 aliphatic carbocycles. The van der Waals surface area contributed by atoms with Crippen molar-refractivity contribution in [2.24, 2.45) is 0 Å². The lowest BCUT2D eigenvalue weighted by atomic mass is 10.2. The second-order valence-electron chi connectivity index (χ2n) is 2.55. The Morgan fingerprint density at radius 1 is 1.25 bits per heavy atom. The van der Waals surface area contributed by atoms with Gasteiger partial charge in [0.2, 0.25) is 6.54 Å². The van der Waals surface area contributed by atoms with Crippen LogP contribution in [-0.2, 0) is 6.54 Å². The predicted molar refractivity (Wildman–Crippen MR) is 47.9 cm³/mol. The molecule has 0 aliphatic heterocycles. The quantitative estimate of drug-likeness (QED) is 0.635. The van der Waals surface area contributed by atoms with Gasteiger partial charge in [0.05, 0.1) is 0 Å². The summed E-state index contributed by atoms with van der Waals surface area (Å²) in [4.78, 5) is 0. The summed E-state index contributed by atoms with van der Waals surface area (Å²) in [5.41, 5.74) is 5.13. The molecule has 2 nitrogen and oxygen atoms in total. The van der Waals surface area contributed by atoms with Gasteiger partial charge in [-0.15, -0.1) is 0 Å². The second-order valence-corrected chi connectivity index (χ2v) is 3.24. The monoisotopic (exact) mass is 177 g/mol. The highest BCUT2D eigenvalue weighted by Crippen LogP contribution is 1.97. The summed E-state index contributed by atoms with van der Waals surface area (Å²) in [6.45, 7) is 0.865. The zero-order valence-corrected chi connectivity index (χ0v) is 7.37. The third-order valence-electron chi connectivity index (χ3n) is 1.63. The summed E-state index contributed by atoms with van der Waals surface area (Å²) in [5, 5.41) is 4.15. The lowest BCUT2D eigenvalue weighted by Crippen LogP contribution is -2.34. The van der Waals surface area contributed by atoms with Gasteiger partial charge in [0.25, 0.3) is 5.51 Å².